The summed E-state index contributed by atoms with van der Waals surface area (Å²) in [6.45, 7) is 3.37. The van der Waals surface area contributed by atoms with Crippen LogP contribution in [-0.2, 0) is 35.6 Å². The van der Waals surface area contributed by atoms with Crippen molar-refractivity contribution in [3.05, 3.63) is 101 Å². The zero-order chi connectivity index (χ0) is 26.9. The van der Waals surface area contributed by atoms with E-state index in [2.05, 4.69) is 53.8 Å². The van der Waals surface area contributed by atoms with Crippen LogP contribution in [0.5, 0.6) is 5.75 Å². The van der Waals surface area contributed by atoms with E-state index in [-0.39, 0.29) is 12.4 Å². The number of aryl methyl sites for hydroxylation is 1. The smallest absolute Gasteiger partial charge is 0.300 e. The number of aromatic hydroxyl groups is 1. The quantitative estimate of drug-likeness (QED) is 0.205. The van der Waals surface area contributed by atoms with Gasteiger partial charge in [-0.3, -0.25) is 4.79 Å². The van der Waals surface area contributed by atoms with E-state index in [1.807, 2.05) is 6.07 Å². The standard InChI is InChI=1S/C28H35NO4.C2H4O2/c30-20-26-18-25(12-13-27(26)31)28(32)19-29-15-14-23-10-6-11-24(17-23)21-33-16-5-4-9-22-7-2-1-3-8-22;1-2(3)4/h1-3,6-8,10-13,17-18,28-32H,4-5,9,14-16,19-21H2;1H3,(H,3,4)/t28-;/m0./s1. The fraction of sp³-hybridized carbons (Fsp3) is 0.367. The highest BCUT2D eigenvalue weighted by Gasteiger charge is 2.10. The third-order valence-corrected chi connectivity index (χ3v) is 5.69. The van der Waals surface area contributed by atoms with E-state index >= 15 is 0 Å². The number of hydrogen-bond donors (Lipinski definition) is 5. The Balaban J connectivity index is 0.00000112. The summed E-state index contributed by atoms with van der Waals surface area (Å²) in [6.07, 6.45) is 3.44. The summed E-state index contributed by atoms with van der Waals surface area (Å²) in [7, 11) is 0. The zero-order valence-corrected chi connectivity index (χ0v) is 21.5. The van der Waals surface area contributed by atoms with E-state index in [9.17, 15) is 15.3 Å². The van der Waals surface area contributed by atoms with Crippen LogP contribution >= 0.6 is 0 Å². The number of benzene rings is 3. The maximum absolute atomic E-state index is 10.4. The Morgan fingerprint density at radius 1 is 0.919 bits per heavy atom. The highest BCUT2D eigenvalue weighted by molar-refractivity contribution is 5.62. The molecule has 7 nitrogen and oxygen atoms in total. The first-order valence-corrected chi connectivity index (χ1v) is 12.6. The summed E-state index contributed by atoms with van der Waals surface area (Å²) in [5, 5.41) is 40.0. The predicted octanol–water partition coefficient (Wildman–Crippen LogP) is 4.38. The van der Waals surface area contributed by atoms with Gasteiger partial charge in [-0.15, -0.1) is 0 Å². The summed E-state index contributed by atoms with van der Waals surface area (Å²) in [6, 6.07) is 23.8. The normalized spacial score (nSPS) is 11.4. The van der Waals surface area contributed by atoms with Crippen molar-refractivity contribution in [1.29, 1.82) is 0 Å². The number of ether oxygens (including phenoxy) is 1. The van der Waals surface area contributed by atoms with E-state index in [4.69, 9.17) is 14.6 Å². The molecule has 0 saturated heterocycles. The third-order valence-electron chi connectivity index (χ3n) is 5.69. The van der Waals surface area contributed by atoms with Crippen LogP contribution in [0.3, 0.4) is 0 Å². The van der Waals surface area contributed by atoms with Crippen LogP contribution in [0.1, 0.15) is 53.7 Å². The van der Waals surface area contributed by atoms with Crippen LogP contribution in [0, 0.1) is 0 Å². The van der Waals surface area contributed by atoms with Crippen LogP contribution in [0.15, 0.2) is 72.8 Å². The average molecular weight is 510 g/mol. The van der Waals surface area contributed by atoms with Crippen molar-refractivity contribution in [2.24, 2.45) is 0 Å². The molecule has 0 heterocycles. The van der Waals surface area contributed by atoms with E-state index in [1.165, 1.54) is 22.8 Å². The summed E-state index contributed by atoms with van der Waals surface area (Å²) in [5.74, 6) is -0.794. The molecule has 0 aliphatic rings. The van der Waals surface area contributed by atoms with Gasteiger partial charge in [0, 0.05) is 25.6 Å². The first-order valence-electron chi connectivity index (χ1n) is 12.6. The number of aliphatic carboxylic acids is 1. The second kappa shape index (κ2) is 17.3. The molecule has 0 fully saturated rings. The molecule has 3 aromatic carbocycles. The first kappa shape index (κ1) is 30.0. The number of unbranched alkanes of at least 4 members (excludes halogenated alkanes) is 1. The summed E-state index contributed by atoms with van der Waals surface area (Å²) < 4.78 is 5.86. The third kappa shape index (κ3) is 12.5. The molecule has 7 heteroatoms. The molecule has 0 amide bonds. The molecule has 3 rings (SSSR count). The molecule has 0 bridgehead atoms. The highest BCUT2D eigenvalue weighted by Crippen LogP contribution is 2.22. The summed E-state index contributed by atoms with van der Waals surface area (Å²) in [4.78, 5) is 9.00. The molecule has 37 heavy (non-hydrogen) atoms. The molecular weight excluding hydrogens is 470 g/mol. The van der Waals surface area contributed by atoms with Gasteiger partial charge in [-0.05, 0) is 66.6 Å². The van der Waals surface area contributed by atoms with E-state index in [0.29, 0.717) is 24.3 Å². The van der Waals surface area contributed by atoms with Gasteiger partial charge in [0.05, 0.1) is 19.3 Å². The molecule has 3 aromatic rings. The number of aliphatic hydroxyl groups excluding tert-OH is 2. The second-order valence-corrected chi connectivity index (χ2v) is 8.85. The lowest BCUT2D eigenvalue weighted by atomic mass is 10.0. The molecule has 1 atom stereocenters. The van der Waals surface area contributed by atoms with E-state index in [0.717, 1.165) is 45.8 Å². The SMILES string of the molecule is CC(=O)O.OCc1cc([C@@H](O)CNCCc2cccc(COCCCCc3ccccc3)c2)ccc1O. The van der Waals surface area contributed by atoms with Crippen LogP contribution in [0.2, 0.25) is 0 Å². The van der Waals surface area contributed by atoms with Gasteiger partial charge in [0.25, 0.3) is 5.97 Å². The molecule has 0 aliphatic heterocycles. The van der Waals surface area contributed by atoms with Gasteiger partial charge >= 0.3 is 0 Å². The number of phenols is 1. The number of hydrogen-bond acceptors (Lipinski definition) is 6. The maximum atomic E-state index is 10.4. The topological polar surface area (TPSA) is 119 Å². The number of aliphatic hydroxyl groups is 2. The minimum atomic E-state index is -0.833. The van der Waals surface area contributed by atoms with Crippen molar-refractivity contribution < 1.29 is 30.0 Å². The van der Waals surface area contributed by atoms with Crippen LogP contribution in [-0.4, -0.2) is 46.1 Å². The van der Waals surface area contributed by atoms with E-state index in [1.54, 1.807) is 12.1 Å². The minimum Gasteiger partial charge on any atom is -0.508 e. The number of nitrogens with one attached hydrogen (secondary N) is 1. The Morgan fingerprint density at radius 3 is 2.35 bits per heavy atom. The van der Waals surface area contributed by atoms with Crippen LogP contribution in [0.25, 0.3) is 0 Å². The Hall–Kier alpha value is -3.23. The first-order chi connectivity index (χ1) is 17.9. The molecule has 0 radical (unpaired) electrons. The number of rotatable bonds is 14. The fourth-order valence-corrected chi connectivity index (χ4v) is 3.77. The molecule has 0 spiro atoms. The predicted molar refractivity (Wildman–Crippen MR) is 144 cm³/mol. The minimum absolute atomic E-state index is 0.0393. The molecular formula is C30H39NO6. The molecule has 0 saturated carbocycles. The average Bonchev–Trinajstić information content (AvgIpc) is 2.89. The molecule has 0 unspecified atom stereocenters. The van der Waals surface area contributed by atoms with Crippen molar-refractivity contribution >= 4 is 5.97 Å². The van der Waals surface area contributed by atoms with Gasteiger partial charge in [-0.1, -0.05) is 60.7 Å². The number of carboxylic acids is 1. The van der Waals surface area contributed by atoms with Crippen molar-refractivity contribution in [3.8, 4) is 5.75 Å². The monoisotopic (exact) mass is 509 g/mol. The van der Waals surface area contributed by atoms with Crippen molar-refractivity contribution in [3.63, 3.8) is 0 Å². The maximum Gasteiger partial charge on any atom is 0.300 e. The fourth-order valence-electron chi connectivity index (χ4n) is 3.77. The van der Waals surface area contributed by atoms with Gasteiger partial charge in [0.1, 0.15) is 5.75 Å². The number of carboxylic acid groups (broad SMARTS) is 1. The largest absolute Gasteiger partial charge is 0.508 e. The zero-order valence-electron chi connectivity index (χ0n) is 21.5. The van der Waals surface area contributed by atoms with Crippen molar-refractivity contribution in [2.45, 2.75) is 51.9 Å². The van der Waals surface area contributed by atoms with Gasteiger partial charge in [-0.2, -0.15) is 0 Å². The van der Waals surface area contributed by atoms with Crippen LogP contribution < -0.4 is 5.32 Å². The van der Waals surface area contributed by atoms with Crippen LogP contribution in [0.4, 0.5) is 0 Å². The van der Waals surface area contributed by atoms with Crippen molar-refractivity contribution in [1.82, 2.24) is 5.32 Å². The molecule has 5 N–H and O–H groups in total. The van der Waals surface area contributed by atoms with Gasteiger partial charge in [0.15, 0.2) is 0 Å². The summed E-state index contributed by atoms with van der Waals surface area (Å²) >= 11 is 0. The molecule has 200 valence electrons. The lowest BCUT2D eigenvalue weighted by Crippen LogP contribution is -2.23. The van der Waals surface area contributed by atoms with Crippen molar-refractivity contribution in [2.75, 3.05) is 19.7 Å². The Kier molecular flexibility index (Phi) is 14.0. The molecule has 0 aromatic heterocycles. The number of carbonyl (C=O) groups is 1. The van der Waals surface area contributed by atoms with E-state index < -0.39 is 12.1 Å². The summed E-state index contributed by atoms with van der Waals surface area (Å²) in [5.41, 5.74) is 4.88. The lowest BCUT2D eigenvalue weighted by molar-refractivity contribution is -0.134. The van der Waals surface area contributed by atoms with Gasteiger partial charge < -0.3 is 30.5 Å². The highest BCUT2D eigenvalue weighted by atomic mass is 16.5. The molecule has 0 aliphatic carbocycles. The lowest BCUT2D eigenvalue weighted by Gasteiger charge is -2.14. The Morgan fingerprint density at radius 2 is 1.62 bits per heavy atom. The van der Waals surface area contributed by atoms with Gasteiger partial charge in [0.2, 0.25) is 0 Å². The van der Waals surface area contributed by atoms with Gasteiger partial charge in [-0.25, -0.2) is 0 Å². The Labute approximate surface area is 219 Å². The Bertz CT molecular complexity index is 1050. The second-order valence-electron chi connectivity index (χ2n) is 8.85.